The number of hydrogen-bond donors (Lipinski definition) is 2. The van der Waals surface area contributed by atoms with E-state index < -0.39 is 0 Å². The van der Waals surface area contributed by atoms with E-state index in [4.69, 9.17) is 14.2 Å². The molecule has 0 atom stereocenters. The Balaban J connectivity index is 1.33. The van der Waals surface area contributed by atoms with E-state index in [0.717, 1.165) is 68.2 Å². The fourth-order valence-corrected chi connectivity index (χ4v) is 4.48. The minimum atomic E-state index is 0.452. The molecule has 5 rings (SSSR count). The second-order valence-corrected chi connectivity index (χ2v) is 8.84. The van der Waals surface area contributed by atoms with Crippen molar-refractivity contribution in [2.45, 2.75) is 12.8 Å². The lowest BCUT2D eigenvalue weighted by atomic mass is 10.1. The molecule has 3 heterocycles. The quantitative estimate of drug-likeness (QED) is 0.312. The number of benzene rings is 2. The first-order valence-corrected chi connectivity index (χ1v) is 12.4. The van der Waals surface area contributed by atoms with Gasteiger partial charge in [0.05, 0.1) is 38.2 Å². The number of methoxy groups -OCH3 is 1. The van der Waals surface area contributed by atoms with Crippen LogP contribution in [0.15, 0.2) is 55.0 Å². The Morgan fingerprint density at radius 3 is 2.70 bits per heavy atom. The van der Waals surface area contributed by atoms with E-state index >= 15 is 0 Å². The molecule has 0 saturated carbocycles. The van der Waals surface area contributed by atoms with Crippen LogP contribution < -0.4 is 14.8 Å². The standard InChI is InChI=1S/C28H30N6O3/c1-35-28-24(37-14-2-11-34-12-15-36-16-13-34)8-7-23-26(21(18-29)19-32-27(23)28)33-22-5-3-20(4-6-22)17-25-30-9-10-31-25/h3-10,19H,2,11-17H2,1H3,(H,30,31)(H,32,33). The molecule has 9 heteroatoms. The van der Waals surface area contributed by atoms with Gasteiger partial charge in [-0.1, -0.05) is 12.1 Å². The number of hydrogen-bond acceptors (Lipinski definition) is 8. The highest BCUT2D eigenvalue weighted by Gasteiger charge is 2.17. The molecule has 2 aromatic heterocycles. The number of fused-ring (bicyclic) bond motifs is 1. The van der Waals surface area contributed by atoms with E-state index in [2.05, 4.69) is 31.2 Å². The molecule has 1 fully saturated rings. The van der Waals surface area contributed by atoms with Gasteiger partial charge in [-0.05, 0) is 36.2 Å². The van der Waals surface area contributed by atoms with Gasteiger partial charge in [-0.2, -0.15) is 5.26 Å². The molecule has 1 aliphatic rings. The normalized spacial score (nSPS) is 13.8. The number of nitriles is 1. The average Bonchev–Trinajstić information content (AvgIpc) is 3.45. The number of pyridine rings is 1. The number of rotatable bonds is 10. The third-order valence-electron chi connectivity index (χ3n) is 6.41. The SMILES string of the molecule is COc1c(OCCCN2CCOCC2)ccc2c(Nc3ccc(Cc4ncc[nH]4)cc3)c(C#N)cnc12. The summed E-state index contributed by atoms with van der Waals surface area (Å²) in [6, 6.07) is 14.1. The number of H-pyrrole nitrogens is 1. The average molecular weight is 499 g/mol. The van der Waals surface area contributed by atoms with Crippen LogP contribution in [0.25, 0.3) is 10.9 Å². The van der Waals surface area contributed by atoms with Gasteiger partial charge >= 0.3 is 0 Å². The zero-order valence-electron chi connectivity index (χ0n) is 20.9. The number of nitrogens with zero attached hydrogens (tertiary/aromatic N) is 4. The summed E-state index contributed by atoms with van der Waals surface area (Å²) < 4.78 is 17.2. The topological polar surface area (TPSA) is 108 Å². The molecule has 2 aromatic carbocycles. The Labute approximate surface area is 216 Å². The van der Waals surface area contributed by atoms with Gasteiger partial charge in [0.2, 0.25) is 0 Å². The molecule has 4 aromatic rings. The highest BCUT2D eigenvalue weighted by atomic mass is 16.5. The maximum Gasteiger partial charge on any atom is 0.187 e. The van der Waals surface area contributed by atoms with Gasteiger partial charge < -0.3 is 24.5 Å². The Morgan fingerprint density at radius 2 is 1.97 bits per heavy atom. The molecule has 0 radical (unpaired) electrons. The van der Waals surface area contributed by atoms with Gasteiger partial charge in [-0.3, -0.25) is 9.88 Å². The largest absolute Gasteiger partial charge is 0.491 e. The Bertz CT molecular complexity index is 1360. The zero-order chi connectivity index (χ0) is 25.5. The molecule has 0 spiro atoms. The van der Waals surface area contributed by atoms with Crippen LogP contribution >= 0.6 is 0 Å². The van der Waals surface area contributed by atoms with Crippen molar-refractivity contribution in [3.05, 3.63) is 71.9 Å². The fourth-order valence-electron chi connectivity index (χ4n) is 4.48. The van der Waals surface area contributed by atoms with Gasteiger partial charge in [0.1, 0.15) is 17.4 Å². The van der Waals surface area contributed by atoms with Crippen molar-refractivity contribution in [3.63, 3.8) is 0 Å². The lowest BCUT2D eigenvalue weighted by Crippen LogP contribution is -2.37. The first-order chi connectivity index (χ1) is 18.2. The molecule has 190 valence electrons. The van der Waals surface area contributed by atoms with Crippen LogP contribution in [0.1, 0.15) is 23.4 Å². The first-order valence-electron chi connectivity index (χ1n) is 12.4. The monoisotopic (exact) mass is 498 g/mol. The summed E-state index contributed by atoms with van der Waals surface area (Å²) in [6.07, 6.45) is 6.77. The number of imidazole rings is 1. The summed E-state index contributed by atoms with van der Waals surface area (Å²) in [5.74, 6) is 2.12. The summed E-state index contributed by atoms with van der Waals surface area (Å²) >= 11 is 0. The second-order valence-electron chi connectivity index (χ2n) is 8.84. The van der Waals surface area contributed by atoms with Gasteiger partial charge in [0, 0.05) is 55.7 Å². The number of morpholine rings is 1. The van der Waals surface area contributed by atoms with Gasteiger partial charge in [0.25, 0.3) is 0 Å². The molecular weight excluding hydrogens is 468 g/mol. The Morgan fingerprint density at radius 1 is 1.14 bits per heavy atom. The predicted octanol–water partition coefficient (Wildman–Crippen LogP) is 4.27. The lowest BCUT2D eigenvalue weighted by molar-refractivity contribution is 0.0357. The zero-order valence-corrected chi connectivity index (χ0v) is 20.9. The number of ether oxygens (including phenoxy) is 3. The molecule has 2 N–H and O–H groups in total. The highest BCUT2D eigenvalue weighted by Crippen LogP contribution is 2.39. The van der Waals surface area contributed by atoms with Gasteiger partial charge in [-0.15, -0.1) is 0 Å². The van der Waals surface area contributed by atoms with E-state index in [0.29, 0.717) is 34.9 Å². The third kappa shape index (κ3) is 5.82. The number of nitrogens with one attached hydrogen (secondary N) is 2. The summed E-state index contributed by atoms with van der Waals surface area (Å²) in [5, 5.41) is 14.0. The van der Waals surface area contributed by atoms with Crippen molar-refractivity contribution in [2.24, 2.45) is 0 Å². The molecule has 0 aliphatic carbocycles. The Kier molecular flexibility index (Phi) is 7.79. The molecule has 9 nitrogen and oxygen atoms in total. The van der Waals surface area contributed by atoms with E-state index in [9.17, 15) is 5.26 Å². The minimum absolute atomic E-state index is 0.452. The summed E-state index contributed by atoms with van der Waals surface area (Å²) in [6.45, 7) is 5.06. The van der Waals surface area contributed by atoms with E-state index in [1.807, 2.05) is 42.6 Å². The van der Waals surface area contributed by atoms with Crippen LogP contribution in [0.5, 0.6) is 11.5 Å². The molecule has 0 amide bonds. The maximum absolute atomic E-state index is 9.77. The fraction of sp³-hybridized carbons (Fsp3) is 0.321. The lowest BCUT2D eigenvalue weighted by Gasteiger charge is -2.26. The Hall–Kier alpha value is -4.13. The van der Waals surface area contributed by atoms with Crippen molar-refractivity contribution >= 4 is 22.3 Å². The molecule has 1 aliphatic heterocycles. The van der Waals surface area contributed by atoms with Gasteiger partial charge in [0.15, 0.2) is 11.5 Å². The molecule has 1 saturated heterocycles. The molecule has 0 unspecified atom stereocenters. The first kappa shape index (κ1) is 24.6. The van der Waals surface area contributed by atoms with E-state index in [-0.39, 0.29) is 0 Å². The summed E-state index contributed by atoms with van der Waals surface area (Å²) in [5.41, 5.74) is 3.79. The van der Waals surface area contributed by atoms with Crippen LogP contribution in [0.4, 0.5) is 11.4 Å². The number of anilines is 2. The van der Waals surface area contributed by atoms with Crippen molar-refractivity contribution < 1.29 is 14.2 Å². The van der Waals surface area contributed by atoms with Gasteiger partial charge in [-0.25, -0.2) is 4.98 Å². The number of aromatic nitrogens is 3. The smallest absolute Gasteiger partial charge is 0.187 e. The van der Waals surface area contributed by atoms with Crippen LogP contribution in [0.2, 0.25) is 0 Å². The highest BCUT2D eigenvalue weighted by molar-refractivity contribution is 5.99. The summed E-state index contributed by atoms with van der Waals surface area (Å²) in [7, 11) is 1.61. The molecule has 37 heavy (non-hydrogen) atoms. The van der Waals surface area contributed by atoms with Crippen LogP contribution in [0, 0.1) is 11.3 Å². The third-order valence-corrected chi connectivity index (χ3v) is 6.41. The molecular formula is C28H30N6O3. The van der Waals surface area contributed by atoms with Crippen molar-refractivity contribution in [2.75, 3.05) is 51.9 Å². The minimum Gasteiger partial charge on any atom is -0.491 e. The van der Waals surface area contributed by atoms with Crippen molar-refractivity contribution in [1.82, 2.24) is 19.9 Å². The van der Waals surface area contributed by atoms with Crippen molar-refractivity contribution in [1.29, 1.82) is 5.26 Å². The van der Waals surface area contributed by atoms with E-state index in [1.54, 1.807) is 19.5 Å². The van der Waals surface area contributed by atoms with E-state index in [1.165, 1.54) is 0 Å². The number of aromatic amines is 1. The van der Waals surface area contributed by atoms with Crippen LogP contribution in [-0.2, 0) is 11.2 Å². The van der Waals surface area contributed by atoms with Crippen molar-refractivity contribution in [3.8, 4) is 17.6 Å². The summed E-state index contributed by atoms with van der Waals surface area (Å²) in [4.78, 5) is 14.3. The van der Waals surface area contributed by atoms with Crippen LogP contribution in [0.3, 0.4) is 0 Å². The van der Waals surface area contributed by atoms with Crippen LogP contribution in [-0.4, -0.2) is 66.4 Å². The predicted molar refractivity (Wildman–Crippen MR) is 141 cm³/mol. The maximum atomic E-state index is 9.77. The molecule has 0 bridgehead atoms. The second kappa shape index (κ2) is 11.7.